The number of carboxylic acids is 4. The van der Waals surface area contributed by atoms with Gasteiger partial charge in [0.05, 0.1) is 33.4 Å². The number of aliphatic hydroxyl groups excluding tert-OH is 4. The van der Waals surface area contributed by atoms with Crippen molar-refractivity contribution in [2.75, 3.05) is 86.7 Å². The number of rotatable bonds is 18. The second-order valence-electron chi connectivity index (χ2n) is 26.2. The number of benzene rings is 3. The number of fused-ring (bicyclic) bond motifs is 7. The van der Waals surface area contributed by atoms with Crippen LogP contribution in [0.15, 0.2) is 84.6 Å². The normalized spacial score (nSPS) is 27.4. The Bertz CT molecular complexity index is 3870. The number of methoxy groups -OCH3 is 3. The second kappa shape index (κ2) is 29.2. The number of nitrogens with one attached hydrogen (secondary N) is 3. The summed E-state index contributed by atoms with van der Waals surface area (Å²) in [5, 5.41) is 83.5. The van der Waals surface area contributed by atoms with Gasteiger partial charge in [-0.1, -0.05) is 61.9 Å². The minimum absolute atomic E-state index is 0.0284. The van der Waals surface area contributed by atoms with Crippen LogP contribution >= 0.6 is 0 Å². The van der Waals surface area contributed by atoms with Crippen molar-refractivity contribution in [1.82, 2.24) is 30.0 Å². The summed E-state index contributed by atoms with van der Waals surface area (Å²) in [5.41, 5.74) is 4.78. The number of esters is 3. The van der Waals surface area contributed by atoms with Crippen LogP contribution in [0.1, 0.15) is 80.0 Å². The van der Waals surface area contributed by atoms with E-state index >= 15 is 4.79 Å². The van der Waals surface area contributed by atoms with Gasteiger partial charge in [-0.05, 0) is 112 Å². The molecule has 1 spiro atoms. The van der Waals surface area contributed by atoms with Gasteiger partial charge in [0.15, 0.2) is 30.5 Å². The van der Waals surface area contributed by atoms with Crippen LogP contribution in [0, 0.1) is 11.3 Å². The number of anilines is 1. The highest BCUT2D eigenvalue weighted by molar-refractivity contribution is 5.95. The van der Waals surface area contributed by atoms with Gasteiger partial charge in [-0.2, -0.15) is 0 Å². The largest absolute Gasteiger partial charge is 0.496 e. The SMILES string of the molecule is CCC1=C[C@@H]2CN(C1)Cc1c([nH]c3ccccc13)[C@@](C(=O)OC)(c1cc3c(cc1OC)N(C)[C@H]1[C@@](O)(C(=O)OC)[C@H](OC(C)=O)[C@]4(CC)C=CCN5CC[C@]31[C@@H]54)C2.CN(C)CCc1c[nH]c2ccc(C[C@H]3COC(=O)N3)cc12.O=C(O)C(O)C(O)C(=O)O.O=C(O)C(O)C(O)C(=O)O. The fourth-order valence-electron chi connectivity index (χ4n) is 16.1. The third kappa shape index (κ3) is 13.2. The Hall–Kier alpha value is -8.94. The van der Waals surface area contributed by atoms with Crippen molar-refractivity contribution in [3.8, 4) is 5.75 Å². The number of aliphatic carboxylic acids is 4. The van der Waals surface area contributed by atoms with Crippen molar-refractivity contribution in [3.05, 3.63) is 118 Å². The molecule has 1 saturated carbocycles. The predicted molar refractivity (Wildman–Crippen MR) is 351 cm³/mol. The molecule has 14 atom stereocenters. The molecule has 12 rings (SSSR count). The smallest absolute Gasteiger partial charge is 0.407 e. The number of hydrogen-bond donors (Lipinski definition) is 12. The molecule has 12 N–H and O–H groups in total. The van der Waals surface area contributed by atoms with E-state index in [0.29, 0.717) is 56.8 Å². The molecule has 2 aromatic heterocycles. The van der Waals surface area contributed by atoms with Crippen LogP contribution < -0.4 is 15.0 Å². The number of alkyl carbamates (subject to hydrolysis) is 1. The molecule has 29 heteroatoms. The van der Waals surface area contributed by atoms with Crippen LogP contribution in [0.3, 0.4) is 0 Å². The lowest BCUT2D eigenvalue weighted by atomic mass is 9.47. The van der Waals surface area contributed by atoms with Gasteiger partial charge in [0, 0.05) is 115 Å². The number of cyclic esters (lactones) is 1. The van der Waals surface area contributed by atoms with E-state index in [1.807, 2.05) is 37.1 Å². The first-order valence-corrected chi connectivity index (χ1v) is 32.2. The van der Waals surface area contributed by atoms with E-state index in [2.05, 4.69) is 112 Å². The third-order valence-corrected chi connectivity index (χ3v) is 20.2. The molecular weight excluding hydrogens is 1280 g/mol. The molecule has 98 heavy (non-hydrogen) atoms. The van der Waals surface area contributed by atoms with Crippen LogP contribution in [0.2, 0.25) is 0 Å². The van der Waals surface area contributed by atoms with E-state index < -0.39 is 94.2 Å². The summed E-state index contributed by atoms with van der Waals surface area (Å²) >= 11 is 0. The van der Waals surface area contributed by atoms with Gasteiger partial charge in [-0.3, -0.25) is 19.4 Å². The lowest BCUT2D eigenvalue weighted by Gasteiger charge is -2.63. The van der Waals surface area contributed by atoms with E-state index in [-0.39, 0.29) is 30.1 Å². The van der Waals surface area contributed by atoms with E-state index in [4.69, 9.17) is 64.5 Å². The molecule has 6 aliphatic heterocycles. The van der Waals surface area contributed by atoms with Crippen LogP contribution in [0.4, 0.5) is 10.5 Å². The number of carboxylic acid groups (broad SMARTS) is 4. The standard InChI is InChI=1S/C45H54N4O8.C16H21N3O2.2C4H6O6/c1-8-27-19-28-22-44(40(51)55-6,36-30(25-48(23-27)24-28)29-13-10-11-14-33(29)46-36)32-20-31-34(21-35(32)54-5)47(4)38-43(31)16-18-49-17-12-15-42(9-2,37(43)49)39(57-26(3)50)45(38,53)41(52)56-7;1-19(2)6-5-12-9-17-15-4-3-11(8-14(12)15)7-13-10-21-16(20)18-13;2*5-1(3(7)8)2(6)4(9)10/h10-15,19-21,28,37-39,46,53H,8-9,16-18,22-25H2,1-7H3;3-4,8-9,13,17H,5-7,10H2,1-2H3,(H,18,20);2*1-2,5-6H,(H,7,8)(H,9,10)/t28-,37-,38+,39+,42+,43+,44-,45-;13-;;/m00../s1. The summed E-state index contributed by atoms with van der Waals surface area (Å²) in [5.74, 6) is -8.39. The Morgan fingerprint density at radius 1 is 0.806 bits per heavy atom. The summed E-state index contributed by atoms with van der Waals surface area (Å²) in [6.07, 6.45) is 2.23. The number of H-pyrrole nitrogens is 2. The molecule has 8 heterocycles. The minimum Gasteiger partial charge on any atom is -0.496 e. The summed E-state index contributed by atoms with van der Waals surface area (Å²) in [6.45, 7) is 10.7. The maximum Gasteiger partial charge on any atom is 0.407 e. The highest BCUT2D eigenvalue weighted by Crippen LogP contribution is 2.68. The van der Waals surface area contributed by atoms with Crippen molar-refractivity contribution < 1.29 is 108 Å². The van der Waals surface area contributed by atoms with Gasteiger partial charge in [0.1, 0.15) is 17.8 Å². The quantitative estimate of drug-likeness (QED) is 0.0340. The molecule has 1 amide bonds. The van der Waals surface area contributed by atoms with Gasteiger partial charge < -0.3 is 94.7 Å². The van der Waals surface area contributed by atoms with Crippen molar-refractivity contribution in [2.24, 2.45) is 11.3 Å². The predicted octanol–water partition coefficient (Wildman–Crippen LogP) is 2.43. The summed E-state index contributed by atoms with van der Waals surface area (Å²) in [4.78, 5) is 109. The average Bonchev–Trinajstić information content (AvgIpc) is 1.45. The molecule has 5 aromatic rings. The van der Waals surface area contributed by atoms with E-state index in [1.165, 1.54) is 48.7 Å². The topological polar surface area (TPSA) is 421 Å². The third-order valence-electron chi connectivity index (χ3n) is 20.2. The Kier molecular flexibility index (Phi) is 21.9. The number of para-hydroxylation sites is 1. The van der Waals surface area contributed by atoms with Crippen molar-refractivity contribution in [1.29, 1.82) is 0 Å². The monoisotopic (exact) mass is 1370 g/mol. The van der Waals surface area contributed by atoms with E-state index in [1.54, 1.807) is 7.11 Å². The number of carbonyl (C=O) groups is 8. The van der Waals surface area contributed by atoms with Gasteiger partial charge in [0.25, 0.3) is 0 Å². The Balaban J connectivity index is 0.000000221. The van der Waals surface area contributed by atoms with Crippen molar-refractivity contribution >= 4 is 75.4 Å². The highest BCUT2D eigenvalue weighted by Gasteiger charge is 2.80. The van der Waals surface area contributed by atoms with Crippen LogP contribution in [0.5, 0.6) is 5.75 Å². The first-order valence-electron chi connectivity index (χ1n) is 32.2. The molecule has 3 aromatic carbocycles. The lowest BCUT2D eigenvalue weighted by molar-refractivity contribution is -0.228. The maximum absolute atomic E-state index is 15.2. The minimum atomic E-state index is -2.27. The highest BCUT2D eigenvalue weighted by atomic mass is 16.6. The molecular formula is C69H87N7O22. The molecule has 3 fully saturated rings. The van der Waals surface area contributed by atoms with Gasteiger partial charge >= 0.3 is 47.9 Å². The first kappa shape index (κ1) is 73.3. The Morgan fingerprint density at radius 3 is 2.03 bits per heavy atom. The zero-order chi connectivity index (χ0) is 71.7. The zero-order valence-corrected chi connectivity index (χ0v) is 56.0. The summed E-state index contributed by atoms with van der Waals surface area (Å²) in [7, 11) is 10.4. The number of aromatic nitrogens is 2. The molecule has 5 unspecified atom stereocenters. The van der Waals surface area contributed by atoms with E-state index in [9.17, 15) is 38.7 Å². The van der Waals surface area contributed by atoms with Gasteiger partial charge in [-0.15, -0.1) is 0 Å². The Morgan fingerprint density at radius 2 is 1.46 bits per heavy atom. The summed E-state index contributed by atoms with van der Waals surface area (Å²) < 4.78 is 28.8. The lowest BCUT2D eigenvalue weighted by Crippen LogP contribution is -2.81. The molecule has 2 bridgehead atoms. The first-order chi connectivity index (χ1) is 46.4. The molecule has 1 aliphatic carbocycles. The van der Waals surface area contributed by atoms with Gasteiger partial charge in [0.2, 0.25) is 5.60 Å². The van der Waals surface area contributed by atoms with Crippen LogP contribution in [-0.2, 0) is 82.7 Å². The van der Waals surface area contributed by atoms with Crippen molar-refractivity contribution in [3.63, 3.8) is 0 Å². The molecule has 530 valence electrons. The van der Waals surface area contributed by atoms with Crippen LogP contribution in [0.25, 0.3) is 21.8 Å². The Labute approximate surface area is 564 Å². The molecule has 0 radical (unpaired) electrons. The summed E-state index contributed by atoms with van der Waals surface area (Å²) in [6, 6.07) is 17.7. The van der Waals surface area contributed by atoms with Gasteiger partial charge in [-0.25, -0.2) is 28.8 Å². The van der Waals surface area contributed by atoms with E-state index in [0.717, 1.165) is 72.3 Å². The maximum atomic E-state index is 15.2. The number of amides is 1. The number of carbonyl (C=O) groups excluding carboxylic acids is 4. The van der Waals surface area contributed by atoms with Crippen molar-refractivity contribution in [2.45, 2.75) is 131 Å². The number of ether oxygens (including phenoxy) is 5. The fourth-order valence-corrected chi connectivity index (χ4v) is 16.1. The molecule has 2 saturated heterocycles. The number of aliphatic hydroxyl groups is 5. The fraction of sp³-hybridized carbons (Fsp3) is 0.507. The number of nitrogens with zero attached hydrogens (tertiary/aromatic N) is 4. The number of likely N-dealkylation sites (N-methyl/N-ethyl adjacent to an activating group) is 2. The average molecular weight is 1370 g/mol. The number of hydrogen-bond acceptors (Lipinski definition) is 22. The molecule has 29 nitrogen and oxygen atoms in total. The number of aromatic amines is 2. The zero-order valence-electron chi connectivity index (χ0n) is 56.0. The second-order valence-corrected chi connectivity index (χ2v) is 26.2. The molecule has 7 aliphatic rings. The van der Waals surface area contributed by atoms with Crippen LogP contribution in [-0.4, -0.2) is 255 Å².